The third-order valence-electron chi connectivity index (χ3n) is 3.24. The summed E-state index contributed by atoms with van der Waals surface area (Å²) in [5, 5.41) is 3.07. The number of pyridine rings is 1. The van der Waals surface area contributed by atoms with E-state index in [9.17, 15) is 9.59 Å². The van der Waals surface area contributed by atoms with Gasteiger partial charge in [-0.2, -0.15) is 0 Å². The van der Waals surface area contributed by atoms with Gasteiger partial charge in [0.1, 0.15) is 4.60 Å². The normalized spacial score (nSPS) is 20.5. The lowest BCUT2D eigenvalue weighted by Gasteiger charge is -2.44. The molecule has 0 amide bonds. The Bertz CT molecular complexity index is 645. The summed E-state index contributed by atoms with van der Waals surface area (Å²) in [5.41, 5.74) is 0.666. The Balaban J connectivity index is 2.01. The number of hydrogen-bond donors (Lipinski definition) is 1. The first kappa shape index (κ1) is 15.4. The lowest BCUT2D eigenvalue weighted by molar-refractivity contribution is -0.221. The number of carbonyl (C=O) groups excluding carboxylic acids is 2. The lowest BCUT2D eigenvalue weighted by atomic mass is 10.2. The van der Waals surface area contributed by atoms with E-state index in [1.165, 1.54) is 0 Å². The first-order valence-electron chi connectivity index (χ1n) is 6.44. The van der Waals surface area contributed by atoms with Crippen LogP contribution in [0.4, 0.5) is 5.69 Å². The molecule has 2 aliphatic heterocycles. The summed E-state index contributed by atoms with van der Waals surface area (Å²) < 4.78 is 12.2. The summed E-state index contributed by atoms with van der Waals surface area (Å²) in [6, 6.07) is 1.81. The second-order valence-electron chi connectivity index (χ2n) is 4.68. The van der Waals surface area contributed by atoms with Crippen molar-refractivity contribution in [2.24, 2.45) is 0 Å². The van der Waals surface area contributed by atoms with Gasteiger partial charge in [0.25, 0.3) is 0 Å². The Kier molecular flexibility index (Phi) is 4.20. The summed E-state index contributed by atoms with van der Waals surface area (Å²) in [6.07, 6.45) is 3.72. The molecule has 116 valence electrons. The Hall–Kier alpha value is -1.45. The van der Waals surface area contributed by atoms with Gasteiger partial charge in [0.2, 0.25) is 0 Å². The third kappa shape index (κ3) is 2.88. The molecule has 1 aromatic rings. The number of ether oxygens (including phenoxy) is 2. The second-order valence-corrected chi connectivity index (χ2v) is 6.29. The molecule has 0 atom stereocenters. The zero-order valence-electron chi connectivity index (χ0n) is 11.2. The van der Waals surface area contributed by atoms with Crippen LogP contribution in [0, 0.1) is 0 Å². The average molecular weight is 433 g/mol. The van der Waals surface area contributed by atoms with E-state index in [1.54, 1.807) is 11.1 Å². The van der Waals surface area contributed by atoms with Gasteiger partial charge in [-0.05, 0) is 37.9 Å². The summed E-state index contributed by atoms with van der Waals surface area (Å²) >= 11 is 6.69. The van der Waals surface area contributed by atoms with Crippen LogP contribution >= 0.6 is 31.9 Å². The fraction of sp³-hybridized carbons (Fsp3) is 0.308. The van der Waals surface area contributed by atoms with E-state index in [0.717, 1.165) is 16.6 Å². The van der Waals surface area contributed by atoms with Crippen molar-refractivity contribution >= 4 is 49.5 Å². The van der Waals surface area contributed by atoms with E-state index in [-0.39, 0.29) is 6.54 Å². The largest absolute Gasteiger partial charge is 0.399 e. The number of halogens is 2. The first-order valence-corrected chi connectivity index (χ1v) is 8.02. The van der Waals surface area contributed by atoms with Crippen LogP contribution in [0.1, 0.15) is 0 Å². The van der Waals surface area contributed by atoms with Crippen LogP contribution in [-0.4, -0.2) is 42.5 Å². The molecule has 1 N–H and O–H groups in total. The molecule has 0 aliphatic carbocycles. The van der Waals surface area contributed by atoms with E-state index in [2.05, 4.69) is 42.2 Å². The second kappa shape index (κ2) is 5.98. The number of nitrogens with zero attached hydrogens (tertiary/aromatic N) is 2. The van der Waals surface area contributed by atoms with Gasteiger partial charge in [-0.15, -0.1) is 0 Å². The van der Waals surface area contributed by atoms with Gasteiger partial charge in [0.05, 0.1) is 22.9 Å². The molecular weight excluding hydrogens is 422 g/mol. The van der Waals surface area contributed by atoms with Crippen LogP contribution in [0.25, 0.3) is 0 Å². The summed E-state index contributed by atoms with van der Waals surface area (Å²) in [6.45, 7) is 1.30. The SMILES string of the molecule is O=C1C=CC(=O)OC2(CNCCN2c2cnc(Br)c(Br)c2)O1. The van der Waals surface area contributed by atoms with Crippen LogP contribution in [-0.2, 0) is 19.1 Å². The predicted molar refractivity (Wildman–Crippen MR) is 83.9 cm³/mol. The molecule has 0 saturated carbocycles. The quantitative estimate of drug-likeness (QED) is 0.529. The maximum absolute atomic E-state index is 11.8. The molecule has 1 spiro atoms. The molecule has 1 fully saturated rings. The highest BCUT2D eigenvalue weighted by Crippen LogP contribution is 2.32. The van der Waals surface area contributed by atoms with Crippen molar-refractivity contribution < 1.29 is 19.1 Å². The molecule has 0 radical (unpaired) electrons. The van der Waals surface area contributed by atoms with Gasteiger partial charge in [-0.25, -0.2) is 14.6 Å². The van der Waals surface area contributed by atoms with Gasteiger partial charge in [-0.3, -0.25) is 4.90 Å². The molecule has 22 heavy (non-hydrogen) atoms. The van der Waals surface area contributed by atoms with Crippen molar-refractivity contribution in [3.63, 3.8) is 0 Å². The van der Waals surface area contributed by atoms with Crippen LogP contribution < -0.4 is 10.2 Å². The van der Waals surface area contributed by atoms with Crippen molar-refractivity contribution in [2.75, 3.05) is 24.5 Å². The molecular formula is C13H11Br2N3O4. The van der Waals surface area contributed by atoms with E-state index in [4.69, 9.17) is 9.47 Å². The molecule has 0 aromatic carbocycles. The first-order chi connectivity index (χ1) is 10.5. The van der Waals surface area contributed by atoms with Crippen molar-refractivity contribution in [3.8, 4) is 0 Å². The molecule has 9 heteroatoms. The number of aromatic nitrogens is 1. The monoisotopic (exact) mass is 431 g/mol. The van der Waals surface area contributed by atoms with Gasteiger partial charge >= 0.3 is 17.8 Å². The summed E-state index contributed by atoms with van der Waals surface area (Å²) in [5.74, 6) is -2.79. The zero-order chi connectivity index (χ0) is 15.7. The number of piperazine rings is 1. The van der Waals surface area contributed by atoms with E-state index < -0.39 is 17.8 Å². The molecule has 1 saturated heterocycles. The summed E-state index contributed by atoms with van der Waals surface area (Å²) in [7, 11) is 0. The van der Waals surface area contributed by atoms with Gasteiger partial charge in [0, 0.05) is 25.2 Å². The molecule has 3 rings (SSSR count). The number of nitrogens with one attached hydrogen (secondary N) is 1. The molecule has 3 heterocycles. The van der Waals surface area contributed by atoms with Crippen molar-refractivity contribution in [3.05, 3.63) is 33.5 Å². The Labute approximate surface area is 142 Å². The van der Waals surface area contributed by atoms with Crippen molar-refractivity contribution in [1.29, 1.82) is 0 Å². The van der Waals surface area contributed by atoms with Crippen LogP contribution in [0.3, 0.4) is 0 Å². The number of rotatable bonds is 1. The van der Waals surface area contributed by atoms with Gasteiger partial charge in [-0.1, -0.05) is 0 Å². The minimum atomic E-state index is -1.52. The topological polar surface area (TPSA) is 80.8 Å². The molecule has 0 bridgehead atoms. The number of carbonyl (C=O) groups is 2. The highest BCUT2D eigenvalue weighted by Gasteiger charge is 2.48. The molecule has 7 nitrogen and oxygen atoms in total. The van der Waals surface area contributed by atoms with Crippen LogP contribution in [0.5, 0.6) is 0 Å². The highest BCUT2D eigenvalue weighted by molar-refractivity contribution is 9.13. The fourth-order valence-corrected chi connectivity index (χ4v) is 2.86. The summed E-state index contributed by atoms with van der Waals surface area (Å²) in [4.78, 5) is 29.5. The third-order valence-corrected chi connectivity index (χ3v) is 5.01. The van der Waals surface area contributed by atoms with Gasteiger partial charge in [0.15, 0.2) is 0 Å². The predicted octanol–water partition coefficient (Wildman–Crippen LogP) is 1.33. The van der Waals surface area contributed by atoms with E-state index in [1.807, 2.05) is 6.07 Å². The number of anilines is 1. The van der Waals surface area contributed by atoms with Crippen LogP contribution in [0.2, 0.25) is 0 Å². The minimum absolute atomic E-state index is 0.167. The number of esters is 2. The van der Waals surface area contributed by atoms with E-state index >= 15 is 0 Å². The van der Waals surface area contributed by atoms with E-state index in [0.29, 0.717) is 23.4 Å². The number of hydrogen-bond acceptors (Lipinski definition) is 7. The standard InChI is InChI=1S/C13H11Br2N3O4/c14-9-5-8(6-17-12(9)15)18-4-3-16-7-13(18)21-10(19)1-2-11(20)22-13/h1-2,5-6,16H,3-4,7H2. The highest BCUT2D eigenvalue weighted by atomic mass is 79.9. The zero-order valence-corrected chi connectivity index (χ0v) is 14.4. The van der Waals surface area contributed by atoms with Crippen LogP contribution in [0.15, 0.2) is 33.5 Å². The minimum Gasteiger partial charge on any atom is -0.399 e. The molecule has 0 unspecified atom stereocenters. The van der Waals surface area contributed by atoms with Gasteiger partial charge < -0.3 is 14.8 Å². The maximum atomic E-state index is 11.8. The van der Waals surface area contributed by atoms with Crippen molar-refractivity contribution in [1.82, 2.24) is 10.3 Å². The Morgan fingerprint density at radius 1 is 1.23 bits per heavy atom. The average Bonchev–Trinajstić information content (AvgIpc) is 2.62. The van der Waals surface area contributed by atoms with Crippen molar-refractivity contribution in [2.45, 2.75) is 5.91 Å². The smallest absolute Gasteiger partial charge is 0.356 e. The molecule has 1 aromatic heterocycles. The Morgan fingerprint density at radius 3 is 2.55 bits per heavy atom. The Morgan fingerprint density at radius 2 is 1.91 bits per heavy atom. The fourth-order valence-electron chi connectivity index (χ4n) is 2.31. The lowest BCUT2D eigenvalue weighted by Crippen LogP contribution is -2.65. The molecule has 2 aliphatic rings. The maximum Gasteiger partial charge on any atom is 0.356 e.